The number of piperidine rings is 1. The molecule has 0 spiro atoms. The Bertz CT molecular complexity index is 420. The van der Waals surface area contributed by atoms with Crippen LogP contribution in [0.1, 0.15) is 51.9 Å². The number of rotatable bonds is 5. The van der Waals surface area contributed by atoms with Gasteiger partial charge in [0, 0.05) is 30.3 Å². The second-order valence-electron chi connectivity index (χ2n) is 6.80. The van der Waals surface area contributed by atoms with E-state index in [1.165, 1.54) is 12.8 Å². The summed E-state index contributed by atoms with van der Waals surface area (Å²) >= 11 is 1.69. The van der Waals surface area contributed by atoms with Gasteiger partial charge >= 0.3 is 0 Å². The standard InChI is InChI=1S/C16H27N3O2S/c1-2-3-4-15(20)19-10-22-9-14(19)16(21)18-13-7-11-5-6-12(8-13)17-11/h11-14,17H,2-10H2,1H3,(H,18,21). The van der Waals surface area contributed by atoms with Gasteiger partial charge in [-0.3, -0.25) is 9.59 Å². The van der Waals surface area contributed by atoms with Crippen molar-refractivity contribution in [2.45, 2.75) is 76.0 Å². The van der Waals surface area contributed by atoms with E-state index in [-0.39, 0.29) is 23.9 Å². The van der Waals surface area contributed by atoms with E-state index in [0.717, 1.165) is 31.4 Å². The third-order valence-corrected chi connectivity index (χ3v) is 6.08. The number of unbranched alkanes of at least 4 members (excludes halogenated alkanes) is 1. The lowest BCUT2D eigenvalue weighted by Gasteiger charge is -2.31. The van der Waals surface area contributed by atoms with E-state index in [1.807, 2.05) is 0 Å². The SMILES string of the molecule is CCCCC(=O)N1CSCC1C(=O)NC1CC2CCC(C1)N2. The maximum absolute atomic E-state index is 12.6. The van der Waals surface area contributed by atoms with Crippen LogP contribution in [0.2, 0.25) is 0 Å². The van der Waals surface area contributed by atoms with Crippen molar-refractivity contribution in [1.29, 1.82) is 0 Å². The van der Waals surface area contributed by atoms with Crippen LogP contribution < -0.4 is 10.6 Å². The number of nitrogens with one attached hydrogen (secondary N) is 2. The van der Waals surface area contributed by atoms with Gasteiger partial charge in [0.15, 0.2) is 0 Å². The highest BCUT2D eigenvalue weighted by molar-refractivity contribution is 7.99. The molecule has 3 aliphatic rings. The minimum Gasteiger partial charge on any atom is -0.351 e. The average Bonchev–Trinajstić information content (AvgIpc) is 3.11. The van der Waals surface area contributed by atoms with Crippen molar-refractivity contribution in [2.75, 3.05) is 11.6 Å². The van der Waals surface area contributed by atoms with E-state index in [9.17, 15) is 9.59 Å². The van der Waals surface area contributed by atoms with E-state index in [4.69, 9.17) is 0 Å². The Balaban J connectivity index is 1.53. The molecule has 3 atom stereocenters. The number of amides is 2. The fourth-order valence-corrected chi connectivity index (χ4v) is 5.03. The van der Waals surface area contributed by atoms with Gasteiger partial charge in [-0.25, -0.2) is 0 Å². The Kier molecular flexibility index (Phi) is 5.29. The Morgan fingerprint density at radius 1 is 1.27 bits per heavy atom. The van der Waals surface area contributed by atoms with E-state index >= 15 is 0 Å². The summed E-state index contributed by atoms with van der Waals surface area (Å²) in [6.45, 7) is 2.08. The summed E-state index contributed by atoms with van der Waals surface area (Å²) in [5, 5.41) is 6.81. The van der Waals surface area contributed by atoms with Crippen LogP contribution in [0, 0.1) is 0 Å². The lowest BCUT2D eigenvalue weighted by Crippen LogP contribution is -2.53. The van der Waals surface area contributed by atoms with Crippen LogP contribution in [0.25, 0.3) is 0 Å². The Morgan fingerprint density at radius 2 is 2.00 bits per heavy atom. The number of hydrogen-bond acceptors (Lipinski definition) is 4. The van der Waals surface area contributed by atoms with Crippen LogP contribution in [0.15, 0.2) is 0 Å². The Labute approximate surface area is 137 Å². The molecule has 2 N–H and O–H groups in total. The third-order valence-electron chi connectivity index (χ3n) is 5.07. The van der Waals surface area contributed by atoms with Gasteiger partial charge in [0.2, 0.25) is 11.8 Å². The molecule has 3 fully saturated rings. The lowest BCUT2D eigenvalue weighted by molar-refractivity contribution is -0.138. The van der Waals surface area contributed by atoms with Gasteiger partial charge in [-0.05, 0) is 32.1 Å². The number of nitrogens with zero attached hydrogens (tertiary/aromatic N) is 1. The minimum absolute atomic E-state index is 0.0566. The van der Waals surface area contributed by atoms with E-state index in [2.05, 4.69) is 17.6 Å². The topological polar surface area (TPSA) is 61.4 Å². The minimum atomic E-state index is -0.262. The predicted molar refractivity (Wildman–Crippen MR) is 88.6 cm³/mol. The first-order chi connectivity index (χ1) is 10.7. The summed E-state index contributed by atoms with van der Waals surface area (Å²) in [5.74, 6) is 1.60. The molecule has 0 aromatic heterocycles. The third kappa shape index (κ3) is 3.59. The monoisotopic (exact) mass is 325 g/mol. The number of thioether (sulfide) groups is 1. The van der Waals surface area contributed by atoms with Crippen molar-refractivity contribution in [2.24, 2.45) is 0 Å². The summed E-state index contributed by atoms with van der Waals surface area (Å²) in [5.41, 5.74) is 0. The summed E-state index contributed by atoms with van der Waals surface area (Å²) < 4.78 is 0. The zero-order valence-corrected chi connectivity index (χ0v) is 14.2. The number of hydrogen-bond donors (Lipinski definition) is 2. The Hall–Kier alpha value is -0.750. The fourth-order valence-electron chi connectivity index (χ4n) is 3.85. The average molecular weight is 325 g/mol. The second-order valence-corrected chi connectivity index (χ2v) is 7.80. The number of carbonyl (C=O) groups is 2. The van der Waals surface area contributed by atoms with Gasteiger partial charge in [-0.15, -0.1) is 11.8 Å². The summed E-state index contributed by atoms with van der Waals surface area (Å²) in [6.07, 6.45) is 7.03. The first kappa shape index (κ1) is 16.1. The molecule has 3 aliphatic heterocycles. The van der Waals surface area contributed by atoms with Crippen molar-refractivity contribution in [1.82, 2.24) is 15.5 Å². The van der Waals surface area contributed by atoms with Gasteiger partial charge in [0.1, 0.15) is 6.04 Å². The van der Waals surface area contributed by atoms with E-state index < -0.39 is 0 Å². The molecule has 0 aromatic carbocycles. The molecule has 2 amide bonds. The molecular formula is C16H27N3O2S. The molecule has 0 radical (unpaired) electrons. The molecule has 22 heavy (non-hydrogen) atoms. The van der Waals surface area contributed by atoms with Gasteiger partial charge < -0.3 is 15.5 Å². The van der Waals surface area contributed by atoms with Crippen LogP contribution in [0.3, 0.4) is 0 Å². The lowest BCUT2D eigenvalue weighted by atomic mass is 9.99. The molecular weight excluding hydrogens is 298 g/mol. The maximum atomic E-state index is 12.6. The predicted octanol–water partition coefficient (Wildman–Crippen LogP) is 1.48. The molecule has 3 unspecified atom stereocenters. The molecule has 0 saturated carbocycles. The van der Waals surface area contributed by atoms with Crippen LogP contribution in [0.4, 0.5) is 0 Å². The normalized spacial score (nSPS) is 34.0. The summed E-state index contributed by atoms with van der Waals surface area (Å²) in [6, 6.07) is 1.17. The van der Waals surface area contributed by atoms with Crippen molar-refractivity contribution in [3.05, 3.63) is 0 Å². The number of carbonyl (C=O) groups excluding carboxylic acids is 2. The highest BCUT2D eigenvalue weighted by Gasteiger charge is 2.38. The van der Waals surface area contributed by atoms with Crippen molar-refractivity contribution in [3.63, 3.8) is 0 Å². The Morgan fingerprint density at radius 3 is 2.68 bits per heavy atom. The molecule has 124 valence electrons. The zero-order valence-electron chi connectivity index (χ0n) is 13.3. The molecule has 5 nitrogen and oxygen atoms in total. The molecule has 3 rings (SSSR count). The highest BCUT2D eigenvalue weighted by Crippen LogP contribution is 2.28. The first-order valence-electron chi connectivity index (χ1n) is 8.61. The fraction of sp³-hybridized carbons (Fsp3) is 0.875. The van der Waals surface area contributed by atoms with Crippen molar-refractivity contribution in [3.8, 4) is 0 Å². The molecule has 6 heteroatoms. The highest BCUT2D eigenvalue weighted by atomic mass is 32.2. The maximum Gasteiger partial charge on any atom is 0.243 e. The van der Waals surface area contributed by atoms with Crippen LogP contribution in [-0.2, 0) is 9.59 Å². The molecule has 3 heterocycles. The van der Waals surface area contributed by atoms with Crippen molar-refractivity contribution >= 4 is 23.6 Å². The van der Waals surface area contributed by atoms with Gasteiger partial charge in [-0.2, -0.15) is 0 Å². The first-order valence-corrected chi connectivity index (χ1v) is 9.76. The summed E-state index contributed by atoms with van der Waals surface area (Å²) in [7, 11) is 0. The largest absolute Gasteiger partial charge is 0.351 e. The smallest absolute Gasteiger partial charge is 0.243 e. The van der Waals surface area contributed by atoms with Crippen LogP contribution in [0.5, 0.6) is 0 Å². The van der Waals surface area contributed by atoms with Crippen LogP contribution >= 0.6 is 11.8 Å². The summed E-state index contributed by atoms with van der Waals surface area (Å²) in [4.78, 5) is 26.6. The molecule has 3 saturated heterocycles. The molecule has 0 aliphatic carbocycles. The molecule has 2 bridgehead atoms. The quantitative estimate of drug-likeness (QED) is 0.804. The van der Waals surface area contributed by atoms with Gasteiger partial charge in [0.25, 0.3) is 0 Å². The van der Waals surface area contributed by atoms with E-state index in [0.29, 0.717) is 24.4 Å². The van der Waals surface area contributed by atoms with Gasteiger partial charge in [0.05, 0.1) is 5.88 Å². The van der Waals surface area contributed by atoms with Crippen LogP contribution in [-0.4, -0.2) is 52.5 Å². The number of fused-ring (bicyclic) bond motifs is 2. The second kappa shape index (κ2) is 7.21. The van der Waals surface area contributed by atoms with Crippen molar-refractivity contribution < 1.29 is 9.59 Å². The zero-order chi connectivity index (χ0) is 15.5. The van der Waals surface area contributed by atoms with Gasteiger partial charge in [-0.1, -0.05) is 13.3 Å². The van der Waals surface area contributed by atoms with E-state index in [1.54, 1.807) is 16.7 Å². The molecule has 0 aromatic rings.